The molecule has 0 aromatic heterocycles. The van der Waals surface area contributed by atoms with Crippen molar-refractivity contribution < 1.29 is 9.90 Å². The first-order valence-electron chi connectivity index (χ1n) is 4.44. The van der Waals surface area contributed by atoms with Crippen LogP contribution in [0, 0.1) is 0 Å². The van der Waals surface area contributed by atoms with E-state index in [9.17, 15) is 4.79 Å². The maximum Gasteiger partial charge on any atom is 0.325 e. The molecule has 1 aliphatic heterocycles. The Balaban J connectivity index is 2.43. The highest BCUT2D eigenvalue weighted by atomic mass is 16.4. The van der Waals surface area contributed by atoms with Crippen LogP contribution < -0.4 is 5.32 Å². The maximum atomic E-state index is 10.8. The van der Waals surface area contributed by atoms with Crippen molar-refractivity contribution in [3.63, 3.8) is 0 Å². The number of carbonyl (C=O) groups is 1. The van der Waals surface area contributed by atoms with Gasteiger partial charge in [0.05, 0.1) is 0 Å². The molecule has 1 atom stereocenters. The molecule has 3 nitrogen and oxygen atoms in total. The van der Waals surface area contributed by atoms with E-state index in [-0.39, 0.29) is 0 Å². The Morgan fingerprint density at radius 3 is 3.07 bits per heavy atom. The molecule has 0 aliphatic carbocycles. The number of rotatable bonds is 2. The lowest BCUT2D eigenvalue weighted by molar-refractivity contribution is -0.139. The summed E-state index contributed by atoms with van der Waals surface area (Å²) in [7, 11) is 0. The third-order valence-electron chi connectivity index (χ3n) is 2.46. The molecule has 1 aromatic rings. The molecule has 0 spiro atoms. The molecule has 1 aliphatic rings. The first-order chi connectivity index (χ1) is 6.72. The number of carboxylic acids is 1. The zero-order chi connectivity index (χ0) is 10.1. The van der Waals surface area contributed by atoms with Crippen LogP contribution in [0.25, 0.3) is 6.08 Å². The van der Waals surface area contributed by atoms with Crippen molar-refractivity contribution in [1.82, 2.24) is 5.32 Å². The molecule has 0 saturated carbocycles. The topological polar surface area (TPSA) is 49.3 Å². The molecule has 14 heavy (non-hydrogen) atoms. The average Bonchev–Trinajstić information content (AvgIpc) is 2.59. The van der Waals surface area contributed by atoms with E-state index in [0.717, 1.165) is 16.7 Å². The largest absolute Gasteiger partial charge is 0.480 e. The number of nitrogens with one attached hydrogen (secondary N) is 1. The molecule has 1 aromatic carbocycles. The summed E-state index contributed by atoms with van der Waals surface area (Å²) < 4.78 is 0. The van der Waals surface area contributed by atoms with Crippen molar-refractivity contribution in [3.05, 3.63) is 41.5 Å². The summed E-state index contributed by atoms with van der Waals surface area (Å²) in [5.74, 6) is -0.824. The van der Waals surface area contributed by atoms with Gasteiger partial charge >= 0.3 is 5.97 Å². The van der Waals surface area contributed by atoms with Crippen LogP contribution in [-0.2, 0) is 11.3 Å². The Morgan fingerprint density at radius 2 is 2.43 bits per heavy atom. The van der Waals surface area contributed by atoms with E-state index < -0.39 is 12.0 Å². The fourth-order valence-corrected chi connectivity index (χ4v) is 1.73. The van der Waals surface area contributed by atoms with Crippen LogP contribution in [0.2, 0.25) is 0 Å². The molecular weight excluding hydrogens is 178 g/mol. The monoisotopic (exact) mass is 189 g/mol. The molecule has 0 saturated heterocycles. The summed E-state index contributed by atoms with van der Waals surface area (Å²) in [6, 6.07) is 5.15. The standard InChI is InChI=1S/C11H11NO2/c1-2-7-3-4-9-8(5-7)6-12-10(9)11(13)14/h2-5,10,12H,1,6H2,(H,13,14)/t10-/m1/s1. The number of hydrogen-bond donors (Lipinski definition) is 2. The number of hydrogen-bond acceptors (Lipinski definition) is 2. The SMILES string of the molecule is C=Cc1ccc2c(c1)CN[C@H]2C(=O)O. The molecule has 0 amide bonds. The molecule has 0 fully saturated rings. The highest BCUT2D eigenvalue weighted by molar-refractivity contribution is 5.77. The smallest absolute Gasteiger partial charge is 0.325 e. The van der Waals surface area contributed by atoms with Gasteiger partial charge in [-0.1, -0.05) is 30.9 Å². The molecule has 2 N–H and O–H groups in total. The van der Waals surface area contributed by atoms with E-state index >= 15 is 0 Å². The second kappa shape index (κ2) is 3.27. The normalized spacial score (nSPS) is 19.0. The molecule has 72 valence electrons. The van der Waals surface area contributed by atoms with E-state index in [1.807, 2.05) is 18.2 Å². The van der Waals surface area contributed by atoms with Crippen LogP contribution in [0.15, 0.2) is 24.8 Å². The Morgan fingerprint density at radius 1 is 1.64 bits per heavy atom. The van der Waals surface area contributed by atoms with E-state index in [2.05, 4.69) is 11.9 Å². The van der Waals surface area contributed by atoms with Gasteiger partial charge < -0.3 is 5.11 Å². The van der Waals surface area contributed by atoms with E-state index in [1.54, 1.807) is 6.08 Å². The molecule has 0 unspecified atom stereocenters. The molecule has 0 bridgehead atoms. The molecule has 1 heterocycles. The zero-order valence-electron chi connectivity index (χ0n) is 7.66. The van der Waals surface area contributed by atoms with Crippen LogP contribution in [0.1, 0.15) is 22.7 Å². The third kappa shape index (κ3) is 1.32. The van der Waals surface area contributed by atoms with Crippen molar-refractivity contribution in [2.45, 2.75) is 12.6 Å². The van der Waals surface area contributed by atoms with Crippen molar-refractivity contribution >= 4 is 12.0 Å². The van der Waals surface area contributed by atoms with Gasteiger partial charge in [-0.05, 0) is 16.7 Å². The zero-order valence-corrected chi connectivity index (χ0v) is 7.66. The van der Waals surface area contributed by atoms with Crippen LogP contribution in [-0.4, -0.2) is 11.1 Å². The van der Waals surface area contributed by atoms with E-state index in [4.69, 9.17) is 5.11 Å². The lowest BCUT2D eigenvalue weighted by atomic mass is 10.0. The van der Waals surface area contributed by atoms with Crippen LogP contribution in [0.3, 0.4) is 0 Å². The first kappa shape index (κ1) is 8.97. The summed E-state index contributed by atoms with van der Waals surface area (Å²) in [5, 5.41) is 11.8. The van der Waals surface area contributed by atoms with Crippen molar-refractivity contribution in [2.75, 3.05) is 0 Å². The average molecular weight is 189 g/mol. The fourth-order valence-electron chi connectivity index (χ4n) is 1.73. The Labute approximate surface area is 82.1 Å². The predicted molar refractivity (Wildman–Crippen MR) is 53.7 cm³/mol. The highest BCUT2D eigenvalue weighted by Gasteiger charge is 2.27. The van der Waals surface area contributed by atoms with Gasteiger partial charge in [0.1, 0.15) is 6.04 Å². The molecule has 3 heteroatoms. The lowest BCUT2D eigenvalue weighted by Crippen LogP contribution is -2.21. The summed E-state index contributed by atoms with van der Waals surface area (Å²) in [4.78, 5) is 10.8. The highest BCUT2D eigenvalue weighted by Crippen LogP contribution is 2.26. The third-order valence-corrected chi connectivity index (χ3v) is 2.46. The quantitative estimate of drug-likeness (QED) is 0.742. The minimum Gasteiger partial charge on any atom is -0.480 e. The van der Waals surface area contributed by atoms with E-state index in [0.29, 0.717) is 6.54 Å². The molecule has 0 radical (unpaired) electrons. The van der Waals surface area contributed by atoms with E-state index in [1.165, 1.54) is 0 Å². The van der Waals surface area contributed by atoms with Crippen LogP contribution in [0.4, 0.5) is 0 Å². The minimum atomic E-state index is -0.824. The van der Waals surface area contributed by atoms with Gasteiger partial charge in [0.15, 0.2) is 0 Å². The summed E-state index contributed by atoms with van der Waals surface area (Å²) >= 11 is 0. The summed E-state index contributed by atoms with van der Waals surface area (Å²) in [5.41, 5.74) is 2.94. The minimum absolute atomic E-state index is 0.552. The van der Waals surface area contributed by atoms with Gasteiger partial charge in [0.2, 0.25) is 0 Å². The number of aliphatic carboxylic acids is 1. The molecular formula is C11H11NO2. The number of fused-ring (bicyclic) bond motifs is 1. The summed E-state index contributed by atoms with van der Waals surface area (Å²) in [6.07, 6.45) is 1.76. The predicted octanol–water partition coefficient (Wildman–Crippen LogP) is 1.56. The Bertz CT molecular complexity index is 398. The van der Waals surface area contributed by atoms with Crippen molar-refractivity contribution in [3.8, 4) is 0 Å². The van der Waals surface area contributed by atoms with Gasteiger partial charge in [-0.2, -0.15) is 0 Å². The second-order valence-corrected chi connectivity index (χ2v) is 3.31. The van der Waals surface area contributed by atoms with Crippen molar-refractivity contribution in [2.24, 2.45) is 0 Å². The summed E-state index contributed by atoms with van der Waals surface area (Å²) in [6.45, 7) is 4.29. The van der Waals surface area contributed by atoms with Crippen LogP contribution >= 0.6 is 0 Å². The number of carboxylic acid groups (broad SMARTS) is 1. The van der Waals surface area contributed by atoms with Crippen LogP contribution in [0.5, 0.6) is 0 Å². The first-order valence-corrected chi connectivity index (χ1v) is 4.44. The second-order valence-electron chi connectivity index (χ2n) is 3.31. The van der Waals surface area contributed by atoms with Gasteiger partial charge in [-0.3, -0.25) is 10.1 Å². The molecule has 2 rings (SSSR count). The maximum absolute atomic E-state index is 10.8. The fraction of sp³-hybridized carbons (Fsp3) is 0.182. The van der Waals surface area contributed by atoms with Gasteiger partial charge in [0, 0.05) is 6.54 Å². The Hall–Kier alpha value is -1.61. The van der Waals surface area contributed by atoms with Crippen molar-refractivity contribution in [1.29, 1.82) is 0 Å². The number of benzene rings is 1. The lowest BCUT2D eigenvalue weighted by Gasteiger charge is -2.05. The van der Waals surface area contributed by atoms with Gasteiger partial charge in [-0.25, -0.2) is 0 Å². The Kier molecular flexibility index (Phi) is 2.09. The van der Waals surface area contributed by atoms with Gasteiger partial charge in [-0.15, -0.1) is 0 Å². The van der Waals surface area contributed by atoms with Gasteiger partial charge in [0.25, 0.3) is 0 Å².